The van der Waals surface area contributed by atoms with Crippen molar-refractivity contribution in [1.29, 1.82) is 0 Å². The molecule has 0 atom stereocenters. The number of rotatable bonds is 3. The summed E-state index contributed by atoms with van der Waals surface area (Å²) in [6, 6.07) is 1.63. The largest absolute Gasteiger partial charge is 0.478 e. The van der Waals surface area contributed by atoms with E-state index in [-0.39, 0.29) is 5.56 Å². The molecule has 1 N–H and O–H groups in total. The molecule has 1 saturated heterocycles. The van der Waals surface area contributed by atoms with Gasteiger partial charge in [-0.05, 0) is 31.6 Å². The first-order valence-corrected chi connectivity index (χ1v) is 6.85. The predicted octanol–water partition coefficient (Wildman–Crippen LogP) is 1.89. The minimum Gasteiger partial charge on any atom is -0.478 e. The molecule has 2 rings (SSSR count). The Morgan fingerprint density at radius 2 is 2.06 bits per heavy atom. The molecular formula is C11H15N3O2S. The summed E-state index contributed by atoms with van der Waals surface area (Å²) in [5, 5.41) is 17.7. The molecule has 0 spiro atoms. The molecule has 0 aliphatic carbocycles. The van der Waals surface area contributed by atoms with Gasteiger partial charge in [-0.3, -0.25) is 0 Å². The summed E-state index contributed by atoms with van der Waals surface area (Å²) in [5.41, 5.74) is 0.244. The van der Waals surface area contributed by atoms with Gasteiger partial charge in [-0.25, -0.2) is 4.79 Å². The van der Waals surface area contributed by atoms with Crippen LogP contribution < -0.4 is 4.90 Å². The van der Waals surface area contributed by atoms with Gasteiger partial charge in [0.2, 0.25) is 0 Å². The van der Waals surface area contributed by atoms with E-state index in [1.807, 2.05) is 0 Å². The second-order valence-corrected chi connectivity index (χ2v) is 4.77. The summed E-state index contributed by atoms with van der Waals surface area (Å²) in [5.74, 6) is -0.262. The van der Waals surface area contributed by atoms with Crippen LogP contribution in [0.1, 0.15) is 29.6 Å². The van der Waals surface area contributed by atoms with E-state index in [1.165, 1.54) is 18.2 Å². The number of aromatic nitrogens is 2. The van der Waals surface area contributed by atoms with Crippen LogP contribution in [0.2, 0.25) is 0 Å². The zero-order chi connectivity index (χ0) is 12.3. The molecular weight excluding hydrogens is 238 g/mol. The molecule has 1 fully saturated rings. The van der Waals surface area contributed by atoms with Crippen LogP contribution in [0.4, 0.5) is 5.82 Å². The van der Waals surface area contributed by atoms with E-state index < -0.39 is 5.97 Å². The van der Waals surface area contributed by atoms with E-state index >= 15 is 0 Å². The number of carbonyl (C=O) groups is 1. The van der Waals surface area contributed by atoms with E-state index in [2.05, 4.69) is 15.1 Å². The minimum atomic E-state index is -0.942. The summed E-state index contributed by atoms with van der Waals surface area (Å²) < 4.78 is 0. The van der Waals surface area contributed by atoms with E-state index in [0.29, 0.717) is 10.8 Å². The van der Waals surface area contributed by atoms with Crippen molar-refractivity contribution < 1.29 is 9.90 Å². The average molecular weight is 253 g/mol. The number of nitrogens with zero attached hydrogens (tertiary/aromatic N) is 3. The molecule has 0 unspecified atom stereocenters. The lowest BCUT2D eigenvalue weighted by Gasteiger charge is -2.27. The molecule has 6 heteroatoms. The fraction of sp³-hybridized carbons (Fsp3) is 0.545. The Balaban J connectivity index is 2.29. The van der Waals surface area contributed by atoms with Crippen LogP contribution in [-0.4, -0.2) is 40.6 Å². The highest BCUT2D eigenvalue weighted by Crippen LogP contribution is 2.23. The van der Waals surface area contributed by atoms with E-state index in [9.17, 15) is 4.79 Å². The number of hydrogen-bond acceptors (Lipinski definition) is 5. The Morgan fingerprint density at radius 3 is 2.65 bits per heavy atom. The van der Waals surface area contributed by atoms with Crippen molar-refractivity contribution in [3.8, 4) is 0 Å². The summed E-state index contributed by atoms with van der Waals surface area (Å²) in [7, 11) is 0. The maximum atomic E-state index is 11.1. The molecule has 1 aromatic rings. The molecule has 1 aliphatic heterocycles. The molecule has 2 heterocycles. The van der Waals surface area contributed by atoms with Gasteiger partial charge in [0.15, 0.2) is 5.82 Å². The van der Waals surface area contributed by atoms with Gasteiger partial charge in [0.05, 0.1) is 5.56 Å². The van der Waals surface area contributed by atoms with Gasteiger partial charge in [0.25, 0.3) is 0 Å². The van der Waals surface area contributed by atoms with E-state index in [4.69, 9.17) is 5.11 Å². The Bertz CT molecular complexity index is 419. The second-order valence-electron chi connectivity index (χ2n) is 3.98. The van der Waals surface area contributed by atoms with Crippen molar-refractivity contribution in [2.24, 2.45) is 0 Å². The third-order valence-corrected chi connectivity index (χ3v) is 3.54. The van der Waals surface area contributed by atoms with Crippen molar-refractivity contribution in [3.05, 3.63) is 11.6 Å². The maximum absolute atomic E-state index is 11.1. The van der Waals surface area contributed by atoms with E-state index in [1.54, 1.807) is 12.3 Å². The highest BCUT2D eigenvalue weighted by atomic mass is 32.2. The number of carboxylic acid groups (broad SMARTS) is 1. The van der Waals surface area contributed by atoms with Crippen molar-refractivity contribution >= 4 is 23.5 Å². The van der Waals surface area contributed by atoms with Crippen LogP contribution >= 0.6 is 11.8 Å². The van der Waals surface area contributed by atoms with Crippen LogP contribution in [-0.2, 0) is 0 Å². The van der Waals surface area contributed by atoms with Gasteiger partial charge in [-0.1, -0.05) is 0 Å². The van der Waals surface area contributed by atoms with Crippen molar-refractivity contribution in [3.63, 3.8) is 0 Å². The molecule has 5 nitrogen and oxygen atoms in total. The molecule has 17 heavy (non-hydrogen) atoms. The minimum absolute atomic E-state index is 0.244. The van der Waals surface area contributed by atoms with Crippen molar-refractivity contribution in [2.75, 3.05) is 24.2 Å². The van der Waals surface area contributed by atoms with Crippen LogP contribution in [0, 0.1) is 0 Å². The van der Waals surface area contributed by atoms with Crippen LogP contribution in [0.25, 0.3) is 0 Å². The fourth-order valence-electron chi connectivity index (χ4n) is 1.95. The van der Waals surface area contributed by atoms with E-state index in [0.717, 1.165) is 25.9 Å². The summed E-state index contributed by atoms with van der Waals surface area (Å²) in [6.45, 7) is 1.87. The lowest BCUT2D eigenvalue weighted by molar-refractivity contribution is 0.0692. The Labute approximate surface area is 104 Å². The van der Waals surface area contributed by atoms with Crippen molar-refractivity contribution in [2.45, 2.75) is 24.3 Å². The number of anilines is 1. The maximum Gasteiger partial charge on any atom is 0.338 e. The summed E-state index contributed by atoms with van der Waals surface area (Å²) in [4.78, 5) is 13.2. The lowest BCUT2D eigenvalue weighted by atomic mass is 10.1. The topological polar surface area (TPSA) is 66.3 Å². The van der Waals surface area contributed by atoms with Gasteiger partial charge in [0, 0.05) is 13.1 Å². The standard InChI is InChI=1S/C11H15N3O2S/c1-17-10-8(11(15)16)7-9(12-13-10)14-5-3-2-4-6-14/h7H,2-6H2,1H3,(H,15,16). The quantitative estimate of drug-likeness (QED) is 0.830. The molecule has 0 saturated carbocycles. The average Bonchev–Trinajstić information content (AvgIpc) is 2.39. The molecule has 0 aromatic carbocycles. The van der Waals surface area contributed by atoms with Crippen molar-refractivity contribution in [1.82, 2.24) is 10.2 Å². The zero-order valence-electron chi connectivity index (χ0n) is 9.72. The summed E-state index contributed by atoms with van der Waals surface area (Å²) >= 11 is 1.31. The van der Waals surface area contributed by atoms with Crippen LogP contribution in [0.3, 0.4) is 0 Å². The number of aromatic carboxylic acids is 1. The first-order valence-electron chi connectivity index (χ1n) is 5.62. The molecule has 0 bridgehead atoms. The van der Waals surface area contributed by atoms with Gasteiger partial charge in [-0.15, -0.1) is 22.0 Å². The Morgan fingerprint density at radius 1 is 1.35 bits per heavy atom. The molecule has 92 valence electrons. The first-order chi connectivity index (χ1) is 8.22. The monoisotopic (exact) mass is 253 g/mol. The second kappa shape index (κ2) is 5.35. The predicted molar refractivity (Wildman–Crippen MR) is 66.8 cm³/mol. The highest BCUT2D eigenvalue weighted by Gasteiger charge is 2.17. The summed E-state index contributed by atoms with van der Waals surface area (Å²) in [6.07, 6.45) is 5.30. The smallest absolute Gasteiger partial charge is 0.338 e. The van der Waals surface area contributed by atoms with Gasteiger partial charge in [-0.2, -0.15) is 0 Å². The molecule has 1 aliphatic rings. The SMILES string of the molecule is CSc1nnc(N2CCCCC2)cc1C(=O)O. The first kappa shape index (κ1) is 12.2. The third-order valence-electron chi connectivity index (χ3n) is 2.85. The number of piperidine rings is 1. The molecule has 0 amide bonds. The normalized spacial score (nSPS) is 15.9. The van der Waals surface area contributed by atoms with Gasteiger partial charge in [0.1, 0.15) is 5.03 Å². The fourth-order valence-corrected chi connectivity index (χ4v) is 2.44. The lowest BCUT2D eigenvalue weighted by Crippen LogP contribution is -2.30. The third kappa shape index (κ3) is 2.69. The van der Waals surface area contributed by atoms with Crippen LogP contribution in [0.5, 0.6) is 0 Å². The van der Waals surface area contributed by atoms with Gasteiger partial charge < -0.3 is 10.0 Å². The Hall–Kier alpha value is -1.30. The number of hydrogen-bond donors (Lipinski definition) is 1. The zero-order valence-corrected chi connectivity index (χ0v) is 10.5. The van der Waals surface area contributed by atoms with Gasteiger partial charge >= 0.3 is 5.97 Å². The van der Waals surface area contributed by atoms with Crippen LogP contribution in [0.15, 0.2) is 11.1 Å². The number of carboxylic acids is 1. The number of thioether (sulfide) groups is 1. The molecule has 1 aromatic heterocycles. The molecule has 0 radical (unpaired) electrons. The Kier molecular flexibility index (Phi) is 3.83. The highest BCUT2D eigenvalue weighted by molar-refractivity contribution is 7.98.